The number of rotatable bonds is 3. The van der Waals surface area contributed by atoms with Crippen LogP contribution >= 0.6 is 27.3 Å². The Hall–Kier alpha value is -0.710. The maximum Gasteiger partial charge on any atom is 0.125 e. The molecule has 2 rings (SSSR count). The lowest BCUT2D eigenvalue weighted by Crippen LogP contribution is -1.92. The average molecular weight is 298 g/mol. The SMILES string of the molecule is Cc1sc(-c2ccccc2Br)nc1CCO. The zero-order chi connectivity index (χ0) is 11.5. The first kappa shape index (κ1) is 11.8. The van der Waals surface area contributed by atoms with Crippen molar-refractivity contribution in [2.24, 2.45) is 0 Å². The van der Waals surface area contributed by atoms with E-state index in [-0.39, 0.29) is 6.61 Å². The molecule has 0 amide bonds. The number of aryl methyl sites for hydroxylation is 1. The van der Waals surface area contributed by atoms with E-state index in [9.17, 15) is 0 Å². The summed E-state index contributed by atoms with van der Waals surface area (Å²) in [5, 5.41) is 9.94. The molecule has 16 heavy (non-hydrogen) atoms. The number of aliphatic hydroxyl groups is 1. The number of hydrogen-bond donors (Lipinski definition) is 1. The highest BCUT2D eigenvalue weighted by Gasteiger charge is 2.10. The van der Waals surface area contributed by atoms with Crippen molar-refractivity contribution in [2.75, 3.05) is 6.61 Å². The van der Waals surface area contributed by atoms with Crippen molar-refractivity contribution in [1.29, 1.82) is 0 Å². The summed E-state index contributed by atoms with van der Waals surface area (Å²) >= 11 is 5.19. The number of aliphatic hydroxyl groups excluding tert-OH is 1. The third-order valence-electron chi connectivity index (χ3n) is 2.35. The predicted molar refractivity (Wildman–Crippen MR) is 70.8 cm³/mol. The van der Waals surface area contributed by atoms with Gasteiger partial charge < -0.3 is 5.11 Å². The summed E-state index contributed by atoms with van der Waals surface area (Å²) in [6.45, 7) is 2.20. The Morgan fingerprint density at radius 2 is 2.12 bits per heavy atom. The van der Waals surface area contributed by atoms with Gasteiger partial charge in [0.25, 0.3) is 0 Å². The van der Waals surface area contributed by atoms with Crippen molar-refractivity contribution in [2.45, 2.75) is 13.3 Å². The van der Waals surface area contributed by atoms with Gasteiger partial charge in [0.2, 0.25) is 0 Å². The Morgan fingerprint density at radius 1 is 1.38 bits per heavy atom. The molecule has 0 unspecified atom stereocenters. The summed E-state index contributed by atoms with van der Waals surface area (Å²) < 4.78 is 1.05. The van der Waals surface area contributed by atoms with Gasteiger partial charge in [-0.3, -0.25) is 0 Å². The lowest BCUT2D eigenvalue weighted by Gasteiger charge is -1.98. The Kier molecular flexibility index (Phi) is 3.74. The van der Waals surface area contributed by atoms with Gasteiger partial charge in [-0.05, 0) is 13.0 Å². The molecule has 0 aliphatic heterocycles. The zero-order valence-electron chi connectivity index (χ0n) is 8.90. The zero-order valence-corrected chi connectivity index (χ0v) is 11.3. The Labute approximate surface area is 107 Å². The maximum absolute atomic E-state index is 8.93. The smallest absolute Gasteiger partial charge is 0.125 e. The van der Waals surface area contributed by atoms with Crippen LogP contribution in [0.1, 0.15) is 10.6 Å². The van der Waals surface area contributed by atoms with E-state index >= 15 is 0 Å². The standard InChI is InChI=1S/C12H12BrNOS/c1-8-11(6-7-15)14-12(16-8)9-4-2-3-5-10(9)13/h2-5,15H,6-7H2,1H3. The van der Waals surface area contributed by atoms with Crippen LogP contribution in [-0.4, -0.2) is 16.7 Å². The first-order valence-electron chi connectivity index (χ1n) is 5.04. The molecule has 4 heteroatoms. The van der Waals surface area contributed by atoms with E-state index in [1.165, 1.54) is 4.88 Å². The fourth-order valence-electron chi connectivity index (χ4n) is 1.52. The first-order chi connectivity index (χ1) is 7.72. The van der Waals surface area contributed by atoms with E-state index in [4.69, 9.17) is 5.11 Å². The van der Waals surface area contributed by atoms with Crippen molar-refractivity contribution in [3.8, 4) is 10.6 Å². The van der Waals surface area contributed by atoms with Crippen molar-refractivity contribution in [3.05, 3.63) is 39.3 Å². The molecule has 0 radical (unpaired) electrons. The highest BCUT2D eigenvalue weighted by atomic mass is 79.9. The Balaban J connectivity index is 2.42. The van der Waals surface area contributed by atoms with Crippen LogP contribution in [0.3, 0.4) is 0 Å². The largest absolute Gasteiger partial charge is 0.396 e. The molecule has 2 aromatic rings. The van der Waals surface area contributed by atoms with Gasteiger partial charge in [-0.2, -0.15) is 0 Å². The Morgan fingerprint density at radius 3 is 2.81 bits per heavy atom. The van der Waals surface area contributed by atoms with Crippen LogP contribution in [0, 0.1) is 6.92 Å². The van der Waals surface area contributed by atoms with Crippen LogP contribution in [0.25, 0.3) is 10.6 Å². The molecule has 0 saturated heterocycles. The van der Waals surface area contributed by atoms with Gasteiger partial charge in [-0.15, -0.1) is 11.3 Å². The van der Waals surface area contributed by atoms with Gasteiger partial charge in [-0.1, -0.05) is 34.1 Å². The van der Waals surface area contributed by atoms with E-state index in [1.54, 1.807) is 11.3 Å². The minimum Gasteiger partial charge on any atom is -0.396 e. The summed E-state index contributed by atoms with van der Waals surface area (Å²) in [5.41, 5.74) is 2.11. The topological polar surface area (TPSA) is 33.1 Å². The second kappa shape index (κ2) is 5.08. The van der Waals surface area contributed by atoms with Crippen molar-refractivity contribution < 1.29 is 5.11 Å². The maximum atomic E-state index is 8.93. The van der Waals surface area contributed by atoms with Crippen LogP contribution in [-0.2, 0) is 6.42 Å². The summed E-state index contributed by atoms with van der Waals surface area (Å²) in [5.74, 6) is 0. The second-order valence-electron chi connectivity index (χ2n) is 3.48. The second-order valence-corrected chi connectivity index (χ2v) is 5.53. The molecule has 1 aromatic heterocycles. The summed E-state index contributed by atoms with van der Waals surface area (Å²) in [6.07, 6.45) is 0.632. The number of benzene rings is 1. The van der Waals surface area contributed by atoms with Gasteiger partial charge >= 0.3 is 0 Å². The van der Waals surface area contributed by atoms with Crippen molar-refractivity contribution in [3.63, 3.8) is 0 Å². The van der Waals surface area contributed by atoms with Crippen molar-refractivity contribution >= 4 is 27.3 Å². The molecule has 84 valence electrons. The average Bonchev–Trinajstić information content (AvgIpc) is 2.61. The third kappa shape index (κ3) is 2.34. The minimum absolute atomic E-state index is 0.153. The number of aromatic nitrogens is 1. The van der Waals surface area contributed by atoms with Crippen LogP contribution in [0.5, 0.6) is 0 Å². The van der Waals surface area contributed by atoms with Crippen LogP contribution in [0.15, 0.2) is 28.7 Å². The monoisotopic (exact) mass is 297 g/mol. The van der Waals surface area contributed by atoms with Crippen molar-refractivity contribution in [1.82, 2.24) is 4.98 Å². The van der Waals surface area contributed by atoms with Gasteiger partial charge in [0.15, 0.2) is 0 Å². The van der Waals surface area contributed by atoms with Crippen LogP contribution in [0.4, 0.5) is 0 Å². The quantitative estimate of drug-likeness (QED) is 0.942. The molecule has 0 atom stereocenters. The van der Waals surface area contributed by atoms with E-state index in [0.717, 1.165) is 20.7 Å². The van der Waals surface area contributed by atoms with Gasteiger partial charge in [-0.25, -0.2) is 4.98 Å². The van der Waals surface area contributed by atoms with Gasteiger partial charge in [0.05, 0.1) is 5.69 Å². The number of halogens is 1. The Bertz CT molecular complexity index is 496. The summed E-state index contributed by atoms with van der Waals surface area (Å²) in [6, 6.07) is 8.05. The lowest BCUT2D eigenvalue weighted by atomic mass is 10.2. The molecule has 2 nitrogen and oxygen atoms in total. The molecule has 1 heterocycles. The van der Waals surface area contributed by atoms with Gasteiger partial charge in [0, 0.05) is 27.9 Å². The third-order valence-corrected chi connectivity index (χ3v) is 4.08. The normalized spacial score (nSPS) is 10.7. The van der Waals surface area contributed by atoms with E-state index in [0.29, 0.717) is 6.42 Å². The summed E-state index contributed by atoms with van der Waals surface area (Å²) in [4.78, 5) is 5.74. The molecular weight excluding hydrogens is 286 g/mol. The fraction of sp³-hybridized carbons (Fsp3) is 0.250. The molecule has 0 saturated carbocycles. The molecule has 1 aromatic carbocycles. The number of hydrogen-bond acceptors (Lipinski definition) is 3. The highest BCUT2D eigenvalue weighted by molar-refractivity contribution is 9.10. The molecule has 0 bridgehead atoms. The molecule has 0 aliphatic rings. The lowest BCUT2D eigenvalue weighted by molar-refractivity contribution is 0.298. The first-order valence-corrected chi connectivity index (χ1v) is 6.65. The minimum atomic E-state index is 0.153. The van der Waals surface area contributed by atoms with Crippen LogP contribution in [0.2, 0.25) is 0 Å². The fourth-order valence-corrected chi connectivity index (χ4v) is 3.12. The number of thiazole rings is 1. The highest BCUT2D eigenvalue weighted by Crippen LogP contribution is 2.32. The molecule has 1 N–H and O–H groups in total. The van der Waals surface area contributed by atoms with Crippen LogP contribution < -0.4 is 0 Å². The van der Waals surface area contributed by atoms with Gasteiger partial charge in [0.1, 0.15) is 5.01 Å². The molecular formula is C12H12BrNOS. The molecule has 0 aliphatic carbocycles. The molecule has 0 fully saturated rings. The van der Waals surface area contributed by atoms with E-state index in [1.807, 2.05) is 31.2 Å². The van der Waals surface area contributed by atoms with E-state index < -0.39 is 0 Å². The summed E-state index contributed by atoms with van der Waals surface area (Å²) in [7, 11) is 0. The molecule has 0 spiro atoms. The van der Waals surface area contributed by atoms with E-state index in [2.05, 4.69) is 20.9 Å². The predicted octanol–water partition coefficient (Wildman–Crippen LogP) is 3.42. The number of nitrogens with zero attached hydrogens (tertiary/aromatic N) is 1.